The largest absolute Gasteiger partial charge is 0.329 e. The van der Waals surface area contributed by atoms with Crippen molar-refractivity contribution in [1.82, 2.24) is 10.2 Å². The average Bonchev–Trinajstić information content (AvgIpc) is 2.67. The molecule has 150 valence electrons. The van der Waals surface area contributed by atoms with Crippen molar-refractivity contribution in [3.05, 3.63) is 59.4 Å². The van der Waals surface area contributed by atoms with E-state index in [1.165, 1.54) is 30.8 Å². The van der Waals surface area contributed by atoms with Crippen LogP contribution in [-0.4, -0.2) is 42.6 Å². The second kappa shape index (κ2) is 9.91. The number of rotatable bonds is 4. The number of nitrogens with one attached hydrogen (secondary N) is 2. The molecular formula is C20H23ClFN3O2S. The molecule has 3 rings (SSSR count). The second-order valence-electron chi connectivity index (χ2n) is 6.37. The highest BCUT2D eigenvalue weighted by molar-refractivity contribution is 7.98. The highest BCUT2D eigenvalue weighted by atomic mass is 35.5. The first-order valence-electron chi connectivity index (χ1n) is 8.72. The Labute approximate surface area is 174 Å². The fraction of sp³-hybridized carbons (Fsp3) is 0.300. The van der Waals surface area contributed by atoms with Gasteiger partial charge in [0.25, 0.3) is 5.91 Å². The molecule has 1 aliphatic heterocycles. The number of anilines is 1. The quantitative estimate of drug-likeness (QED) is 0.736. The van der Waals surface area contributed by atoms with Crippen molar-refractivity contribution in [3.63, 3.8) is 0 Å². The maximum absolute atomic E-state index is 13.7. The minimum absolute atomic E-state index is 0. The SMILES string of the molecule is CSc1cc(C(=O)N2CCNCC2c2cccc(F)c2)ccc1NC(C)=O.Cl. The van der Waals surface area contributed by atoms with Crippen LogP contribution in [-0.2, 0) is 4.79 Å². The Kier molecular flexibility index (Phi) is 7.86. The average molecular weight is 424 g/mol. The van der Waals surface area contributed by atoms with Crippen LogP contribution in [0.3, 0.4) is 0 Å². The maximum atomic E-state index is 13.7. The van der Waals surface area contributed by atoms with Crippen LogP contribution < -0.4 is 10.6 Å². The van der Waals surface area contributed by atoms with Crippen molar-refractivity contribution < 1.29 is 14.0 Å². The van der Waals surface area contributed by atoms with Crippen LogP contribution in [0.25, 0.3) is 0 Å². The number of amides is 2. The summed E-state index contributed by atoms with van der Waals surface area (Å²) >= 11 is 1.47. The van der Waals surface area contributed by atoms with E-state index in [0.717, 1.165) is 10.5 Å². The highest BCUT2D eigenvalue weighted by Gasteiger charge is 2.29. The Morgan fingerprint density at radius 1 is 1.25 bits per heavy atom. The van der Waals surface area contributed by atoms with E-state index >= 15 is 0 Å². The molecular weight excluding hydrogens is 401 g/mol. The first kappa shape index (κ1) is 22.2. The molecule has 2 aromatic carbocycles. The van der Waals surface area contributed by atoms with Crippen LogP contribution in [0, 0.1) is 5.82 Å². The van der Waals surface area contributed by atoms with Gasteiger partial charge in [0, 0.05) is 37.0 Å². The summed E-state index contributed by atoms with van der Waals surface area (Å²) in [6, 6.07) is 11.4. The standard InChI is InChI=1S/C20H22FN3O2S.ClH/c1-13(25)23-17-7-6-15(11-19(17)27-2)20(26)24-9-8-22-12-18(24)14-4-3-5-16(21)10-14;/h3-7,10-11,18,22H,8-9,12H2,1-2H3,(H,23,25);1H. The summed E-state index contributed by atoms with van der Waals surface area (Å²) in [5.41, 5.74) is 2.01. The molecule has 2 amide bonds. The van der Waals surface area contributed by atoms with E-state index in [-0.39, 0.29) is 36.1 Å². The van der Waals surface area contributed by atoms with Gasteiger partial charge >= 0.3 is 0 Å². The third-order valence-electron chi connectivity index (χ3n) is 4.50. The number of benzene rings is 2. The van der Waals surface area contributed by atoms with Crippen LogP contribution in [0.5, 0.6) is 0 Å². The van der Waals surface area contributed by atoms with Gasteiger partial charge in [0.2, 0.25) is 5.91 Å². The monoisotopic (exact) mass is 423 g/mol. The Hall–Kier alpha value is -2.09. The fourth-order valence-corrected chi connectivity index (χ4v) is 3.83. The zero-order chi connectivity index (χ0) is 19.4. The summed E-state index contributed by atoms with van der Waals surface area (Å²) in [4.78, 5) is 27.1. The number of nitrogens with zero attached hydrogens (tertiary/aromatic N) is 1. The number of halogens is 2. The lowest BCUT2D eigenvalue weighted by molar-refractivity contribution is -0.114. The van der Waals surface area contributed by atoms with E-state index < -0.39 is 0 Å². The van der Waals surface area contributed by atoms with E-state index in [0.29, 0.717) is 30.9 Å². The molecule has 1 atom stereocenters. The van der Waals surface area contributed by atoms with Gasteiger partial charge < -0.3 is 15.5 Å². The Morgan fingerprint density at radius 2 is 2.04 bits per heavy atom. The first-order chi connectivity index (χ1) is 13.0. The van der Waals surface area contributed by atoms with Crippen LogP contribution in [0.2, 0.25) is 0 Å². The van der Waals surface area contributed by atoms with Gasteiger partial charge in [-0.15, -0.1) is 24.2 Å². The summed E-state index contributed by atoms with van der Waals surface area (Å²) in [6.45, 7) is 3.26. The van der Waals surface area contributed by atoms with Crippen LogP contribution in [0.15, 0.2) is 47.4 Å². The van der Waals surface area contributed by atoms with E-state index in [1.807, 2.05) is 12.3 Å². The molecule has 5 nitrogen and oxygen atoms in total. The third-order valence-corrected chi connectivity index (χ3v) is 5.27. The molecule has 28 heavy (non-hydrogen) atoms. The molecule has 0 aromatic heterocycles. The van der Waals surface area contributed by atoms with E-state index in [2.05, 4.69) is 10.6 Å². The summed E-state index contributed by atoms with van der Waals surface area (Å²) in [7, 11) is 0. The molecule has 8 heteroatoms. The lowest BCUT2D eigenvalue weighted by Gasteiger charge is -2.36. The molecule has 0 spiro atoms. The second-order valence-corrected chi connectivity index (χ2v) is 7.22. The van der Waals surface area contributed by atoms with E-state index in [9.17, 15) is 14.0 Å². The minimum Gasteiger partial charge on any atom is -0.329 e. The molecule has 1 saturated heterocycles. The van der Waals surface area contributed by atoms with Crippen LogP contribution in [0.4, 0.5) is 10.1 Å². The van der Waals surface area contributed by atoms with Crippen LogP contribution >= 0.6 is 24.2 Å². The lowest BCUT2D eigenvalue weighted by Crippen LogP contribution is -2.48. The van der Waals surface area contributed by atoms with Gasteiger partial charge in [-0.05, 0) is 42.2 Å². The van der Waals surface area contributed by atoms with Crippen molar-refractivity contribution in [1.29, 1.82) is 0 Å². The molecule has 0 radical (unpaired) electrons. The topological polar surface area (TPSA) is 61.4 Å². The zero-order valence-electron chi connectivity index (χ0n) is 15.7. The highest BCUT2D eigenvalue weighted by Crippen LogP contribution is 2.29. The van der Waals surface area contributed by atoms with Crippen molar-refractivity contribution in [2.45, 2.75) is 17.9 Å². The third kappa shape index (κ3) is 5.04. The number of piperazine rings is 1. The van der Waals surface area contributed by atoms with Gasteiger partial charge in [0.15, 0.2) is 0 Å². The normalized spacial score (nSPS) is 16.2. The zero-order valence-corrected chi connectivity index (χ0v) is 17.3. The number of hydrogen-bond donors (Lipinski definition) is 2. The fourth-order valence-electron chi connectivity index (χ4n) is 3.24. The number of carbonyl (C=O) groups is 2. The van der Waals surface area contributed by atoms with Gasteiger partial charge in [-0.1, -0.05) is 12.1 Å². The predicted octanol–water partition coefficient (Wildman–Crippen LogP) is 3.71. The lowest BCUT2D eigenvalue weighted by atomic mass is 10.0. The predicted molar refractivity (Wildman–Crippen MR) is 113 cm³/mol. The van der Waals surface area contributed by atoms with E-state index in [1.54, 1.807) is 29.2 Å². The summed E-state index contributed by atoms with van der Waals surface area (Å²) < 4.78 is 13.7. The number of carbonyl (C=O) groups excluding carboxylic acids is 2. The molecule has 1 aliphatic rings. The minimum atomic E-state index is -0.310. The number of hydrogen-bond acceptors (Lipinski definition) is 4. The van der Waals surface area contributed by atoms with Crippen molar-refractivity contribution >= 4 is 41.7 Å². The van der Waals surface area contributed by atoms with Gasteiger partial charge in [0.1, 0.15) is 5.82 Å². The molecule has 2 aromatic rings. The molecule has 0 saturated carbocycles. The number of thioether (sulfide) groups is 1. The summed E-state index contributed by atoms with van der Waals surface area (Å²) in [6.07, 6.45) is 1.90. The molecule has 0 aliphatic carbocycles. The first-order valence-corrected chi connectivity index (χ1v) is 9.95. The molecule has 1 fully saturated rings. The molecule has 0 bridgehead atoms. The van der Waals surface area contributed by atoms with Gasteiger partial charge in [-0.3, -0.25) is 9.59 Å². The van der Waals surface area contributed by atoms with Gasteiger partial charge in [0.05, 0.1) is 11.7 Å². The van der Waals surface area contributed by atoms with Gasteiger partial charge in [-0.2, -0.15) is 0 Å². The van der Waals surface area contributed by atoms with Crippen molar-refractivity contribution in [2.75, 3.05) is 31.2 Å². The molecule has 2 N–H and O–H groups in total. The Balaban J connectivity index is 0.00000280. The molecule has 1 unspecified atom stereocenters. The van der Waals surface area contributed by atoms with Crippen LogP contribution in [0.1, 0.15) is 28.9 Å². The van der Waals surface area contributed by atoms with Crippen molar-refractivity contribution in [2.24, 2.45) is 0 Å². The smallest absolute Gasteiger partial charge is 0.254 e. The van der Waals surface area contributed by atoms with Gasteiger partial charge in [-0.25, -0.2) is 4.39 Å². The Bertz CT molecular complexity index is 865. The molecule has 1 heterocycles. The summed E-state index contributed by atoms with van der Waals surface area (Å²) in [5, 5.41) is 6.05. The Morgan fingerprint density at radius 3 is 2.71 bits per heavy atom. The maximum Gasteiger partial charge on any atom is 0.254 e. The van der Waals surface area contributed by atoms with E-state index in [4.69, 9.17) is 0 Å². The van der Waals surface area contributed by atoms with Crippen molar-refractivity contribution in [3.8, 4) is 0 Å². The summed E-state index contributed by atoms with van der Waals surface area (Å²) in [5.74, 6) is -0.567.